The lowest BCUT2D eigenvalue weighted by atomic mass is 10.0. The molecule has 2 unspecified atom stereocenters. The molecule has 0 fully saturated rings. The first-order valence-corrected chi connectivity index (χ1v) is 7.37. The van der Waals surface area contributed by atoms with Crippen molar-refractivity contribution in [3.05, 3.63) is 0 Å². The summed E-state index contributed by atoms with van der Waals surface area (Å²) in [4.78, 5) is 11.6. The van der Waals surface area contributed by atoms with Crippen molar-refractivity contribution in [1.82, 2.24) is 10.6 Å². The molecule has 2 N–H and O–H groups in total. The fraction of sp³-hybridized carbons (Fsp3) is 0.933. The average molecular weight is 272 g/mol. The number of amides is 1. The van der Waals surface area contributed by atoms with E-state index < -0.39 is 5.60 Å². The first-order valence-electron chi connectivity index (χ1n) is 7.37. The molecular weight excluding hydrogens is 240 g/mol. The molecule has 0 aliphatic rings. The van der Waals surface area contributed by atoms with Gasteiger partial charge in [0.25, 0.3) is 0 Å². The van der Waals surface area contributed by atoms with Gasteiger partial charge < -0.3 is 15.4 Å². The van der Waals surface area contributed by atoms with Crippen molar-refractivity contribution in [3.8, 4) is 0 Å². The predicted molar refractivity (Wildman–Crippen MR) is 80.4 cm³/mol. The lowest BCUT2D eigenvalue weighted by molar-refractivity contribution is 0.0520. The molecule has 114 valence electrons. The molecule has 0 aliphatic heterocycles. The molecular formula is C15H32N2O2. The number of alkyl carbamates (subject to hydrolysis) is 1. The molecule has 0 aromatic rings. The lowest BCUT2D eigenvalue weighted by Crippen LogP contribution is -2.46. The molecule has 0 radical (unpaired) electrons. The highest BCUT2D eigenvalue weighted by Gasteiger charge is 2.18. The molecule has 0 bridgehead atoms. The van der Waals surface area contributed by atoms with Gasteiger partial charge in [-0.2, -0.15) is 0 Å². The molecule has 19 heavy (non-hydrogen) atoms. The molecule has 0 spiro atoms. The summed E-state index contributed by atoms with van der Waals surface area (Å²) in [5.74, 6) is 0.599. The zero-order valence-electron chi connectivity index (χ0n) is 13.7. The zero-order chi connectivity index (χ0) is 15.1. The van der Waals surface area contributed by atoms with Gasteiger partial charge in [-0.05, 0) is 46.5 Å². The Bertz CT molecular complexity index is 259. The van der Waals surface area contributed by atoms with Crippen molar-refractivity contribution < 1.29 is 9.53 Å². The van der Waals surface area contributed by atoms with Crippen molar-refractivity contribution in [2.45, 2.75) is 79.0 Å². The van der Waals surface area contributed by atoms with Crippen LogP contribution in [0, 0.1) is 5.92 Å². The van der Waals surface area contributed by atoms with E-state index in [1.54, 1.807) is 0 Å². The van der Waals surface area contributed by atoms with Gasteiger partial charge in [0, 0.05) is 18.6 Å². The summed E-state index contributed by atoms with van der Waals surface area (Å²) in [5.41, 5.74) is -0.443. The van der Waals surface area contributed by atoms with Crippen molar-refractivity contribution >= 4 is 6.09 Å². The SMILES string of the molecule is CCC(C)NC(CNC(=O)OC(C)(C)C)CC(C)C. The average Bonchev–Trinajstić information content (AvgIpc) is 2.22. The number of hydrogen-bond donors (Lipinski definition) is 2. The van der Waals surface area contributed by atoms with Gasteiger partial charge in [0.1, 0.15) is 5.60 Å². The monoisotopic (exact) mass is 272 g/mol. The lowest BCUT2D eigenvalue weighted by Gasteiger charge is -2.26. The Morgan fingerprint density at radius 3 is 2.21 bits per heavy atom. The van der Waals surface area contributed by atoms with Crippen LogP contribution in [0.1, 0.15) is 61.3 Å². The third kappa shape index (κ3) is 10.8. The van der Waals surface area contributed by atoms with E-state index in [0.717, 1.165) is 12.8 Å². The summed E-state index contributed by atoms with van der Waals surface area (Å²) in [7, 11) is 0. The minimum Gasteiger partial charge on any atom is -0.444 e. The molecule has 0 saturated carbocycles. The standard InChI is InChI=1S/C15H32N2O2/c1-8-12(4)17-13(9-11(2)3)10-16-14(18)19-15(5,6)7/h11-13,17H,8-10H2,1-7H3,(H,16,18). The Morgan fingerprint density at radius 2 is 1.79 bits per heavy atom. The third-order valence-electron chi connectivity index (χ3n) is 2.78. The number of hydrogen-bond acceptors (Lipinski definition) is 3. The van der Waals surface area contributed by atoms with Gasteiger partial charge in [-0.1, -0.05) is 20.8 Å². The number of rotatable bonds is 7. The summed E-state index contributed by atoms with van der Waals surface area (Å²) >= 11 is 0. The number of ether oxygens (including phenoxy) is 1. The Balaban J connectivity index is 4.21. The van der Waals surface area contributed by atoms with Gasteiger partial charge in [-0.3, -0.25) is 0 Å². The van der Waals surface area contributed by atoms with Crippen molar-refractivity contribution in [3.63, 3.8) is 0 Å². The Hall–Kier alpha value is -0.770. The van der Waals surface area contributed by atoms with Gasteiger partial charge in [-0.15, -0.1) is 0 Å². The molecule has 0 aromatic carbocycles. The highest BCUT2D eigenvalue weighted by molar-refractivity contribution is 5.67. The molecule has 0 aromatic heterocycles. The molecule has 0 rings (SSSR count). The number of nitrogens with one attached hydrogen (secondary N) is 2. The van der Waals surface area contributed by atoms with E-state index >= 15 is 0 Å². The van der Waals surface area contributed by atoms with Crippen molar-refractivity contribution in [1.29, 1.82) is 0 Å². The Morgan fingerprint density at radius 1 is 1.21 bits per heavy atom. The fourth-order valence-electron chi connectivity index (χ4n) is 1.82. The van der Waals surface area contributed by atoms with E-state index in [4.69, 9.17) is 4.74 Å². The van der Waals surface area contributed by atoms with Crippen LogP contribution < -0.4 is 10.6 Å². The second-order valence-corrected chi connectivity index (χ2v) is 6.69. The normalized spacial score (nSPS) is 15.2. The summed E-state index contributed by atoms with van der Waals surface area (Å²) < 4.78 is 5.25. The minimum atomic E-state index is -0.443. The molecule has 1 amide bonds. The zero-order valence-corrected chi connectivity index (χ0v) is 13.7. The highest BCUT2D eigenvalue weighted by atomic mass is 16.6. The van der Waals surface area contributed by atoms with Crippen LogP contribution in [-0.4, -0.2) is 30.3 Å². The number of carbonyl (C=O) groups is 1. The Kier molecular flexibility index (Phi) is 8.07. The van der Waals surface area contributed by atoms with E-state index in [1.165, 1.54) is 0 Å². The fourth-order valence-corrected chi connectivity index (χ4v) is 1.82. The summed E-state index contributed by atoms with van der Waals surface area (Å²) in [5, 5.41) is 6.40. The van der Waals surface area contributed by atoms with E-state index in [-0.39, 0.29) is 6.09 Å². The summed E-state index contributed by atoms with van der Waals surface area (Å²) in [6, 6.07) is 0.756. The first-order chi connectivity index (χ1) is 8.64. The van der Waals surface area contributed by atoms with Crippen LogP contribution >= 0.6 is 0 Å². The second-order valence-electron chi connectivity index (χ2n) is 6.69. The second kappa shape index (κ2) is 8.41. The van der Waals surface area contributed by atoms with Crippen molar-refractivity contribution in [2.24, 2.45) is 5.92 Å². The van der Waals surface area contributed by atoms with Crippen LogP contribution in [0.2, 0.25) is 0 Å². The maximum Gasteiger partial charge on any atom is 0.407 e. The maximum absolute atomic E-state index is 11.6. The van der Waals surface area contributed by atoms with E-state index in [9.17, 15) is 4.79 Å². The van der Waals surface area contributed by atoms with E-state index in [1.807, 2.05) is 20.8 Å². The molecule has 0 aliphatic carbocycles. The highest BCUT2D eigenvalue weighted by Crippen LogP contribution is 2.08. The van der Waals surface area contributed by atoms with Crippen molar-refractivity contribution in [2.75, 3.05) is 6.54 Å². The third-order valence-corrected chi connectivity index (χ3v) is 2.78. The van der Waals surface area contributed by atoms with Gasteiger partial charge >= 0.3 is 6.09 Å². The van der Waals surface area contributed by atoms with Gasteiger partial charge in [0.05, 0.1) is 0 Å². The Labute approximate surface area is 118 Å². The molecule has 4 heteroatoms. The molecule has 0 saturated heterocycles. The quantitative estimate of drug-likeness (QED) is 0.747. The van der Waals surface area contributed by atoms with Crippen LogP contribution in [0.3, 0.4) is 0 Å². The maximum atomic E-state index is 11.6. The van der Waals surface area contributed by atoms with Crippen LogP contribution in [-0.2, 0) is 4.74 Å². The van der Waals surface area contributed by atoms with E-state index in [2.05, 4.69) is 38.3 Å². The molecule has 2 atom stereocenters. The molecule has 4 nitrogen and oxygen atoms in total. The van der Waals surface area contributed by atoms with E-state index in [0.29, 0.717) is 24.5 Å². The van der Waals surface area contributed by atoms with Gasteiger partial charge in [0.15, 0.2) is 0 Å². The molecule has 0 heterocycles. The van der Waals surface area contributed by atoms with Gasteiger partial charge in [0.2, 0.25) is 0 Å². The first kappa shape index (κ1) is 18.2. The summed E-state index contributed by atoms with van der Waals surface area (Å²) in [6.07, 6.45) is 1.79. The van der Waals surface area contributed by atoms with Crippen LogP contribution in [0.4, 0.5) is 4.79 Å². The largest absolute Gasteiger partial charge is 0.444 e. The van der Waals surface area contributed by atoms with Gasteiger partial charge in [-0.25, -0.2) is 4.79 Å². The van der Waals surface area contributed by atoms with Crippen LogP contribution in [0.15, 0.2) is 0 Å². The smallest absolute Gasteiger partial charge is 0.407 e. The topological polar surface area (TPSA) is 50.4 Å². The predicted octanol–water partition coefficient (Wildman–Crippen LogP) is 3.31. The number of carbonyl (C=O) groups excluding carboxylic acids is 1. The van der Waals surface area contributed by atoms with Crippen LogP contribution in [0.5, 0.6) is 0 Å². The minimum absolute atomic E-state index is 0.294. The van der Waals surface area contributed by atoms with Crippen LogP contribution in [0.25, 0.3) is 0 Å². The summed E-state index contributed by atoms with van der Waals surface area (Å²) in [6.45, 7) is 14.9.